The van der Waals surface area contributed by atoms with E-state index < -0.39 is 5.97 Å². The van der Waals surface area contributed by atoms with Crippen LogP contribution >= 0.6 is 0 Å². The molecule has 2 rings (SSSR count). The third-order valence-electron chi connectivity index (χ3n) is 3.52. The molecule has 6 heteroatoms. The molecule has 0 aliphatic rings. The number of hydrogen-bond donors (Lipinski definition) is 0. The Hall–Kier alpha value is -3.07. The first-order valence-corrected chi connectivity index (χ1v) is 7.54. The number of methoxy groups -OCH3 is 1. The van der Waals surface area contributed by atoms with Gasteiger partial charge in [-0.25, -0.2) is 4.79 Å². The zero-order chi connectivity index (χ0) is 17.5. The Bertz CT molecular complexity index is 827. The summed E-state index contributed by atoms with van der Waals surface area (Å²) in [6, 6.07) is 9.45. The molecule has 0 spiro atoms. The van der Waals surface area contributed by atoms with Gasteiger partial charge >= 0.3 is 11.9 Å². The largest absolute Gasteiger partial charge is 0.469 e. The van der Waals surface area contributed by atoms with Crippen LogP contribution in [0.25, 0.3) is 17.0 Å². The van der Waals surface area contributed by atoms with Crippen LogP contribution in [-0.2, 0) is 25.6 Å². The molecule has 0 fully saturated rings. The summed E-state index contributed by atoms with van der Waals surface area (Å²) in [4.78, 5) is 23.2. The first kappa shape index (κ1) is 17.3. The molecule has 0 aliphatic heterocycles. The summed E-state index contributed by atoms with van der Waals surface area (Å²) in [5.41, 5.74) is 1.57. The molecular formula is C18H18N2O4. The van der Waals surface area contributed by atoms with E-state index in [1.165, 1.54) is 13.2 Å². The Kier molecular flexibility index (Phi) is 5.74. The highest BCUT2D eigenvalue weighted by Gasteiger charge is 2.13. The van der Waals surface area contributed by atoms with Gasteiger partial charge in [-0.05, 0) is 19.1 Å². The van der Waals surface area contributed by atoms with Crippen LogP contribution in [0.3, 0.4) is 0 Å². The molecule has 2 aromatic rings. The van der Waals surface area contributed by atoms with Crippen molar-refractivity contribution in [2.24, 2.45) is 0 Å². The molecule has 6 nitrogen and oxygen atoms in total. The number of aryl methyl sites for hydroxylation is 1. The van der Waals surface area contributed by atoms with Crippen molar-refractivity contribution < 1.29 is 19.1 Å². The molecule has 0 bridgehead atoms. The number of carbonyl (C=O) groups excluding carboxylic acids is 2. The van der Waals surface area contributed by atoms with Crippen molar-refractivity contribution in [2.45, 2.75) is 19.9 Å². The average Bonchev–Trinajstić information content (AvgIpc) is 2.95. The first-order chi connectivity index (χ1) is 11.6. The zero-order valence-corrected chi connectivity index (χ0v) is 13.6. The van der Waals surface area contributed by atoms with E-state index in [0.717, 1.165) is 16.5 Å². The molecule has 0 amide bonds. The van der Waals surface area contributed by atoms with E-state index in [1.807, 2.05) is 41.1 Å². The molecular weight excluding hydrogens is 308 g/mol. The van der Waals surface area contributed by atoms with Crippen LogP contribution < -0.4 is 0 Å². The Labute approximate surface area is 139 Å². The van der Waals surface area contributed by atoms with Crippen molar-refractivity contribution in [3.63, 3.8) is 0 Å². The molecule has 0 aliphatic carbocycles. The Morgan fingerprint density at radius 3 is 2.75 bits per heavy atom. The lowest BCUT2D eigenvalue weighted by atomic mass is 10.1. The first-order valence-electron chi connectivity index (χ1n) is 7.54. The van der Waals surface area contributed by atoms with Crippen LogP contribution in [0.2, 0.25) is 0 Å². The highest BCUT2D eigenvalue weighted by atomic mass is 16.5. The maximum absolute atomic E-state index is 11.8. The molecule has 24 heavy (non-hydrogen) atoms. The average molecular weight is 326 g/mol. The molecule has 1 aromatic carbocycles. The van der Waals surface area contributed by atoms with E-state index in [1.54, 1.807) is 6.92 Å². The third kappa shape index (κ3) is 3.82. The molecule has 0 saturated carbocycles. The van der Waals surface area contributed by atoms with Crippen molar-refractivity contribution in [3.05, 3.63) is 41.6 Å². The molecule has 0 radical (unpaired) electrons. The fourth-order valence-corrected chi connectivity index (χ4v) is 2.39. The second kappa shape index (κ2) is 7.97. The SMILES string of the molecule is CCOC(=O)/C(C#N)=C\c1cn(CCC(=O)OC)c2ccccc12. The van der Waals surface area contributed by atoms with Gasteiger partial charge in [0.15, 0.2) is 0 Å². The lowest BCUT2D eigenvalue weighted by Crippen LogP contribution is -2.06. The summed E-state index contributed by atoms with van der Waals surface area (Å²) in [5, 5.41) is 10.1. The van der Waals surface area contributed by atoms with Gasteiger partial charge in [-0.3, -0.25) is 4.79 Å². The number of benzene rings is 1. The predicted octanol–water partition coefficient (Wildman–Crippen LogP) is 2.67. The number of aromatic nitrogens is 1. The monoisotopic (exact) mass is 326 g/mol. The second-order valence-corrected chi connectivity index (χ2v) is 5.01. The van der Waals surface area contributed by atoms with E-state index in [4.69, 9.17) is 4.74 Å². The lowest BCUT2D eigenvalue weighted by Gasteiger charge is -2.03. The Balaban J connectivity index is 2.42. The van der Waals surface area contributed by atoms with Crippen LogP contribution in [0.1, 0.15) is 18.9 Å². The standard InChI is InChI=1S/C18H18N2O4/c1-3-24-18(22)13(11-19)10-14-12-20(9-8-17(21)23-2)16-7-5-4-6-15(14)16/h4-7,10,12H,3,8-9H2,1-2H3/b13-10-. The van der Waals surface area contributed by atoms with Gasteiger partial charge in [0.05, 0.1) is 20.1 Å². The second-order valence-electron chi connectivity index (χ2n) is 5.01. The summed E-state index contributed by atoms with van der Waals surface area (Å²) < 4.78 is 11.4. The number of hydrogen-bond acceptors (Lipinski definition) is 5. The van der Waals surface area contributed by atoms with Gasteiger partial charge < -0.3 is 14.0 Å². The highest BCUT2D eigenvalue weighted by molar-refractivity contribution is 6.01. The highest BCUT2D eigenvalue weighted by Crippen LogP contribution is 2.24. The van der Waals surface area contributed by atoms with Gasteiger partial charge in [0.2, 0.25) is 0 Å². The summed E-state index contributed by atoms with van der Waals surface area (Å²) in [5.74, 6) is -0.944. The van der Waals surface area contributed by atoms with Gasteiger partial charge in [-0.2, -0.15) is 5.26 Å². The minimum atomic E-state index is -0.647. The number of carbonyl (C=O) groups is 2. The van der Waals surface area contributed by atoms with E-state index in [0.29, 0.717) is 6.54 Å². The number of nitrogens with zero attached hydrogens (tertiary/aromatic N) is 2. The molecule has 0 unspecified atom stereocenters. The maximum Gasteiger partial charge on any atom is 0.348 e. The minimum Gasteiger partial charge on any atom is -0.469 e. The predicted molar refractivity (Wildman–Crippen MR) is 88.8 cm³/mol. The fourth-order valence-electron chi connectivity index (χ4n) is 2.39. The van der Waals surface area contributed by atoms with Crippen molar-refractivity contribution >= 4 is 28.9 Å². The van der Waals surface area contributed by atoms with Crippen molar-refractivity contribution in [3.8, 4) is 6.07 Å². The van der Waals surface area contributed by atoms with Crippen LogP contribution in [0.4, 0.5) is 0 Å². The Morgan fingerprint density at radius 2 is 2.08 bits per heavy atom. The van der Waals surface area contributed by atoms with Crippen LogP contribution in [0.15, 0.2) is 36.0 Å². The topological polar surface area (TPSA) is 81.3 Å². The maximum atomic E-state index is 11.8. The summed E-state index contributed by atoms with van der Waals surface area (Å²) >= 11 is 0. The van der Waals surface area contributed by atoms with E-state index in [2.05, 4.69) is 4.74 Å². The Morgan fingerprint density at radius 1 is 1.33 bits per heavy atom. The molecule has 0 N–H and O–H groups in total. The van der Waals surface area contributed by atoms with E-state index in [9.17, 15) is 14.9 Å². The van der Waals surface area contributed by atoms with Crippen molar-refractivity contribution in [2.75, 3.05) is 13.7 Å². The molecule has 0 atom stereocenters. The number of para-hydroxylation sites is 1. The van der Waals surface area contributed by atoms with Crippen molar-refractivity contribution in [1.82, 2.24) is 4.57 Å². The number of ether oxygens (including phenoxy) is 2. The number of fused-ring (bicyclic) bond motifs is 1. The summed E-state index contributed by atoms with van der Waals surface area (Å²) in [6.07, 6.45) is 3.56. The third-order valence-corrected chi connectivity index (χ3v) is 3.52. The van der Waals surface area contributed by atoms with Gasteiger partial charge in [0, 0.05) is 29.2 Å². The van der Waals surface area contributed by atoms with E-state index in [-0.39, 0.29) is 24.6 Å². The van der Waals surface area contributed by atoms with Gasteiger partial charge in [-0.15, -0.1) is 0 Å². The van der Waals surface area contributed by atoms with Gasteiger partial charge in [0.25, 0.3) is 0 Å². The molecule has 1 heterocycles. The number of rotatable bonds is 6. The summed E-state index contributed by atoms with van der Waals surface area (Å²) in [7, 11) is 1.35. The normalized spacial score (nSPS) is 11.1. The van der Waals surface area contributed by atoms with Crippen LogP contribution in [-0.4, -0.2) is 30.2 Å². The smallest absolute Gasteiger partial charge is 0.348 e. The fraction of sp³-hybridized carbons (Fsp3) is 0.278. The quantitative estimate of drug-likeness (QED) is 0.463. The molecule has 0 saturated heterocycles. The van der Waals surface area contributed by atoms with Gasteiger partial charge in [-0.1, -0.05) is 18.2 Å². The lowest BCUT2D eigenvalue weighted by molar-refractivity contribution is -0.141. The number of esters is 2. The van der Waals surface area contributed by atoms with Crippen molar-refractivity contribution in [1.29, 1.82) is 5.26 Å². The minimum absolute atomic E-state index is 0.0623. The molecule has 1 aromatic heterocycles. The van der Waals surface area contributed by atoms with Gasteiger partial charge in [0.1, 0.15) is 11.6 Å². The van der Waals surface area contributed by atoms with E-state index >= 15 is 0 Å². The number of nitriles is 1. The van der Waals surface area contributed by atoms with Crippen LogP contribution in [0, 0.1) is 11.3 Å². The molecule has 124 valence electrons. The summed E-state index contributed by atoms with van der Waals surface area (Å²) in [6.45, 7) is 2.34. The zero-order valence-electron chi connectivity index (χ0n) is 13.6. The van der Waals surface area contributed by atoms with Crippen LogP contribution in [0.5, 0.6) is 0 Å².